The van der Waals surface area contributed by atoms with Gasteiger partial charge in [0.2, 0.25) is 5.91 Å². The molecule has 3 N–H and O–H groups in total. The monoisotopic (exact) mass is 293 g/mol. The molecule has 0 spiro atoms. The predicted molar refractivity (Wildman–Crippen MR) is 75.4 cm³/mol. The normalized spacial score (nSPS) is 13.2. The van der Waals surface area contributed by atoms with Gasteiger partial charge in [-0.2, -0.15) is 0 Å². The summed E-state index contributed by atoms with van der Waals surface area (Å²) in [5.74, 6) is -4.41. The van der Waals surface area contributed by atoms with Gasteiger partial charge >= 0.3 is 11.9 Å². The summed E-state index contributed by atoms with van der Waals surface area (Å²) in [6, 6.07) is 9.25. The van der Waals surface area contributed by atoms with E-state index in [4.69, 9.17) is 10.2 Å². The second-order valence-corrected chi connectivity index (χ2v) is 4.87. The van der Waals surface area contributed by atoms with Crippen molar-refractivity contribution in [1.82, 2.24) is 5.32 Å². The van der Waals surface area contributed by atoms with E-state index >= 15 is 0 Å². The quantitative estimate of drug-likeness (QED) is 0.674. The van der Waals surface area contributed by atoms with Crippen LogP contribution in [-0.4, -0.2) is 28.1 Å². The van der Waals surface area contributed by atoms with Gasteiger partial charge in [-0.3, -0.25) is 14.4 Å². The maximum absolute atomic E-state index is 12.0. The first-order valence-electron chi connectivity index (χ1n) is 6.68. The highest BCUT2D eigenvalue weighted by atomic mass is 16.4. The fraction of sp³-hybridized carbons (Fsp3) is 0.400. The molecule has 1 rings (SSSR count). The molecule has 0 radical (unpaired) electrons. The summed E-state index contributed by atoms with van der Waals surface area (Å²) in [6.07, 6.45) is -0.335. The van der Waals surface area contributed by atoms with Crippen molar-refractivity contribution in [1.29, 1.82) is 0 Å². The third-order valence-electron chi connectivity index (χ3n) is 3.31. The minimum atomic E-state index is -1.15. The van der Waals surface area contributed by atoms with Gasteiger partial charge in [-0.1, -0.05) is 37.3 Å². The summed E-state index contributed by atoms with van der Waals surface area (Å²) in [4.78, 5) is 33.7. The molecule has 0 bridgehead atoms. The molecule has 0 aliphatic rings. The Balaban J connectivity index is 2.57. The molecule has 2 atom stereocenters. The highest BCUT2D eigenvalue weighted by molar-refractivity contribution is 5.84. The fourth-order valence-electron chi connectivity index (χ4n) is 2.00. The lowest BCUT2D eigenvalue weighted by atomic mass is 9.89. The molecule has 1 aromatic rings. The van der Waals surface area contributed by atoms with Crippen LogP contribution in [0.1, 0.15) is 25.3 Å². The first-order valence-corrected chi connectivity index (χ1v) is 6.68. The molecule has 21 heavy (non-hydrogen) atoms. The van der Waals surface area contributed by atoms with Crippen LogP contribution in [0, 0.1) is 11.8 Å². The Morgan fingerprint density at radius 3 is 2.29 bits per heavy atom. The maximum atomic E-state index is 12.0. The second kappa shape index (κ2) is 8.04. The Morgan fingerprint density at radius 2 is 1.76 bits per heavy atom. The number of hydrogen-bond acceptors (Lipinski definition) is 3. The zero-order chi connectivity index (χ0) is 15.8. The largest absolute Gasteiger partial charge is 0.481 e. The third-order valence-corrected chi connectivity index (χ3v) is 3.31. The molecule has 6 nitrogen and oxygen atoms in total. The Bertz CT molecular complexity index is 500. The van der Waals surface area contributed by atoms with Gasteiger partial charge in [-0.25, -0.2) is 0 Å². The van der Waals surface area contributed by atoms with Crippen LogP contribution in [0.15, 0.2) is 30.3 Å². The van der Waals surface area contributed by atoms with Crippen LogP contribution in [0.2, 0.25) is 0 Å². The molecule has 2 unspecified atom stereocenters. The molecule has 0 saturated heterocycles. The third kappa shape index (κ3) is 5.64. The Labute approximate surface area is 122 Å². The van der Waals surface area contributed by atoms with Gasteiger partial charge in [0.15, 0.2) is 0 Å². The zero-order valence-corrected chi connectivity index (χ0v) is 11.8. The number of benzene rings is 1. The molecule has 0 aliphatic carbocycles. The average molecular weight is 293 g/mol. The van der Waals surface area contributed by atoms with E-state index < -0.39 is 29.7 Å². The number of amides is 1. The minimum Gasteiger partial charge on any atom is -0.481 e. The molecule has 1 amide bonds. The summed E-state index contributed by atoms with van der Waals surface area (Å²) in [6.45, 7) is 1.82. The number of carbonyl (C=O) groups is 3. The summed E-state index contributed by atoms with van der Waals surface area (Å²) >= 11 is 0. The van der Waals surface area contributed by atoms with Crippen molar-refractivity contribution in [3.63, 3.8) is 0 Å². The van der Waals surface area contributed by atoms with Gasteiger partial charge in [0.25, 0.3) is 0 Å². The molecular formula is C15H19NO5. The molecule has 0 aromatic heterocycles. The first kappa shape index (κ1) is 16.7. The maximum Gasteiger partial charge on any atom is 0.307 e. The van der Waals surface area contributed by atoms with Crippen LogP contribution >= 0.6 is 0 Å². The Kier molecular flexibility index (Phi) is 6.39. The van der Waals surface area contributed by atoms with Crippen molar-refractivity contribution in [2.24, 2.45) is 11.8 Å². The second-order valence-electron chi connectivity index (χ2n) is 4.87. The summed E-state index contributed by atoms with van der Waals surface area (Å²) in [5, 5.41) is 20.4. The molecule has 0 fully saturated rings. The minimum absolute atomic E-state index is 0.0649. The van der Waals surface area contributed by atoms with Crippen LogP contribution in [0.5, 0.6) is 0 Å². The SMILES string of the molecule is CC(C(=O)NCc1ccccc1)C(CCC(=O)O)C(=O)O. The van der Waals surface area contributed by atoms with E-state index in [1.165, 1.54) is 6.92 Å². The predicted octanol–water partition coefficient (Wildman–Crippen LogP) is 1.50. The number of carbonyl (C=O) groups excluding carboxylic acids is 1. The van der Waals surface area contributed by atoms with Gasteiger partial charge in [0.1, 0.15) is 0 Å². The van der Waals surface area contributed by atoms with Gasteiger partial charge in [0, 0.05) is 18.9 Å². The smallest absolute Gasteiger partial charge is 0.307 e. The Morgan fingerprint density at radius 1 is 1.14 bits per heavy atom. The summed E-state index contributed by atoms with van der Waals surface area (Å²) < 4.78 is 0. The molecule has 0 aliphatic heterocycles. The number of nitrogens with one attached hydrogen (secondary N) is 1. The lowest BCUT2D eigenvalue weighted by Crippen LogP contribution is -2.36. The Hall–Kier alpha value is -2.37. The van der Waals surface area contributed by atoms with E-state index in [-0.39, 0.29) is 12.8 Å². The van der Waals surface area contributed by atoms with E-state index in [0.29, 0.717) is 6.54 Å². The summed E-state index contributed by atoms with van der Waals surface area (Å²) in [7, 11) is 0. The van der Waals surface area contributed by atoms with Crippen molar-refractivity contribution < 1.29 is 24.6 Å². The van der Waals surface area contributed by atoms with Crippen molar-refractivity contribution >= 4 is 17.8 Å². The van der Waals surface area contributed by atoms with Gasteiger partial charge < -0.3 is 15.5 Å². The summed E-state index contributed by atoms with van der Waals surface area (Å²) in [5.41, 5.74) is 0.912. The van der Waals surface area contributed by atoms with Crippen LogP contribution in [0.4, 0.5) is 0 Å². The number of aliphatic carboxylic acids is 2. The highest BCUT2D eigenvalue weighted by Gasteiger charge is 2.30. The highest BCUT2D eigenvalue weighted by Crippen LogP contribution is 2.18. The molecule has 1 aromatic carbocycles. The lowest BCUT2D eigenvalue weighted by molar-refractivity contribution is -0.148. The van der Waals surface area contributed by atoms with E-state index in [0.717, 1.165) is 5.56 Å². The molecular weight excluding hydrogens is 274 g/mol. The number of rotatable bonds is 8. The van der Waals surface area contributed by atoms with E-state index in [2.05, 4.69) is 5.32 Å². The molecule has 114 valence electrons. The average Bonchev–Trinajstić information content (AvgIpc) is 2.45. The van der Waals surface area contributed by atoms with Crippen LogP contribution in [0.3, 0.4) is 0 Å². The zero-order valence-electron chi connectivity index (χ0n) is 11.8. The molecule has 0 saturated carbocycles. The number of carboxylic acids is 2. The van der Waals surface area contributed by atoms with Gasteiger partial charge in [0.05, 0.1) is 5.92 Å². The fourth-order valence-corrected chi connectivity index (χ4v) is 2.00. The van der Waals surface area contributed by atoms with Crippen molar-refractivity contribution in [3.8, 4) is 0 Å². The van der Waals surface area contributed by atoms with E-state index in [9.17, 15) is 14.4 Å². The molecule has 0 heterocycles. The van der Waals surface area contributed by atoms with Gasteiger partial charge in [-0.05, 0) is 12.0 Å². The molecule has 6 heteroatoms. The van der Waals surface area contributed by atoms with Crippen molar-refractivity contribution in [2.45, 2.75) is 26.3 Å². The van der Waals surface area contributed by atoms with E-state index in [1.807, 2.05) is 30.3 Å². The van der Waals surface area contributed by atoms with Crippen LogP contribution < -0.4 is 5.32 Å². The standard InChI is InChI=1S/C15H19NO5/c1-10(12(15(20)21)7-8-13(17)18)14(19)16-9-11-5-3-2-4-6-11/h2-6,10,12H,7-9H2,1H3,(H,16,19)(H,17,18)(H,20,21). The first-order chi connectivity index (χ1) is 9.91. The van der Waals surface area contributed by atoms with Crippen LogP contribution in [0.25, 0.3) is 0 Å². The van der Waals surface area contributed by atoms with Gasteiger partial charge in [-0.15, -0.1) is 0 Å². The van der Waals surface area contributed by atoms with E-state index in [1.54, 1.807) is 0 Å². The van der Waals surface area contributed by atoms with Crippen LogP contribution in [-0.2, 0) is 20.9 Å². The van der Waals surface area contributed by atoms with Crippen molar-refractivity contribution in [3.05, 3.63) is 35.9 Å². The number of hydrogen-bond donors (Lipinski definition) is 3. The van der Waals surface area contributed by atoms with Crippen molar-refractivity contribution in [2.75, 3.05) is 0 Å². The lowest BCUT2D eigenvalue weighted by Gasteiger charge is -2.19. The topological polar surface area (TPSA) is 104 Å². The number of carboxylic acid groups (broad SMARTS) is 2.